The van der Waals surface area contributed by atoms with Gasteiger partial charge in [-0.15, -0.1) is 0 Å². The molecule has 6 heteroatoms. The van der Waals surface area contributed by atoms with Gasteiger partial charge in [0, 0.05) is 11.6 Å². The Balaban J connectivity index is 2.07. The van der Waals surface area contributed by atoms with Gasteiger partial charge in [-0.05, 0) is 24.3 Å². The summed E-state index contributed by atoms with van der Waals surface area (Å²) >= 11 is 0. The highest BCUT2D eigenvalue weighted by atomic mass is 16.5. The third kappa shape index (κ3) is 4.34. The lowest BCUT2D eigenvalue weighted by Gasteiger charge is -2.08. The number of carbonyl (C=O) groups excluding carboxylic acids is 1. The zero-order valence-electron chi connectivity index (χ0n) is 12.3. The Kier molecular flexibility index (Phi) is 5.35. The molecule has 0 saturated carbocycles. The second-order valence-corrected chi connectivity index (χ2v) is 4.54. The number of hydrogen-bond acceptors (Lipinski definition) is 5. The van der Waals surface area contributed by atoms with Crippen molar-refractivity contribution in [2.24, 2.45) is 5.10 Å². The number of amides is 1. The van der Waals surface area contributed by atoms with Crippen LogP contribution in [0.2, 0.25) is 0 Å². The van der Waals surface area contributed by atoms with Gasteiger partial charge < -0.3 is 14.9 Å². The van der Waals surface area contributed by atoms with Gasteiger partial charge in [0.1, 0.15) is 23.9 Å². The van der Waals surface area contributed by atoms with E-state index < -0.39 is 5.91 Å². The minimum atomic E-state index is -0.445. The lowest BCUT2D eigenvalue weighted by atomic mass is 10.2. The van der Waals surface area contributed by atoms with Gasteiger partial charge in [0.2, 0.25) is 0 Å². The molecule has 0 aliphatic rings. The number of nitrogens with zero attached hydrogens (tertiary/aromatic N) is 1. The second-order valence-electron chi connectivity index (χ2n) is 4.54. The summed E-state index contributed by atoms with van der Waals surface area (Å²) in [6, 6.07) is 10.8. The van der Waals surface area contributed by atoms with Crippen molar-refractivity contribution in [3.63, 3.8) is 0 Å². The maximum atomic E-state index is 12.1. The molecule has 6 nitrogen and oxygen atoms in total. The van der Waals surface area contributed by atoms with Crippen molar-refractivity contribution in [2.45, 2.75) is 0 Å². The SMILES string of the molecule is C=CCOc1ccccc1C(=O)NN=Cc1ccc(O)cc1O. The highest BCUT2D eigenvalue weighted by molar-refractivity contribution is 5.97. The zero-order chi connectivity index (χ0) is 16.7. The molecule has 0 aliphatic heterocycles. The number of para-hydroxylation sites is 1. The molecule has 1 amide bonds. The third-order valence-electron chi connectivity index (χ3n) is 2.87. The predicted octanol–water partition coefficient (Wildman–Crippen LogP) is 2.43. The van der Waals surface area contributed by atoms with Gasteiger partial charge in [0.15, 0.2) is 0 Å². The molecule has 0 atom stereocenters. The number of phenolic OH excluding ortho intramolecular Hbond substituents is 2. The standard InChI is InChI=1S/C17H16N2O4/c1-2-9-23-16-6-4-3-5-14(16)17(22)19-18-11-12-7-8-13(20)10-15(12)21/h2-8,10-11,20-21H,1,9H2,(H,19,22). The molecule has 2 aromatic rings. The fourth-order valence-corrected chi connectivity index (χ4v) is 1.79. The Bertz CT molecular complexity index is 741. The highest BCUT2D eigenvalue weighted by Gasteiger charge is 2.10. The molecule has 0 aliphatic carbocycles. The first-order valence-corrected chi connectivity index (χ1v) is 6.80. The molecule has 3 N–H and O–H groups in total. The zero-order valence-corrected chi connectivity index (χ0v) is 12.3. The van der Waals surface area contributed by atoms with Crippen molar-refractivity contribution in [2.75, 3.05) is 6.61 Å². The molecule has 2 aromatic carbocycles. The molecule has 118 valence electrons. The summed E-state index contributed by atoms with van der Waals surface area (Å²) in [4.78, 5) is 12.1. The molecular weight excluding hydrogens is 296 g/mol. The molecular formula is C17H16N2O4. The summed E-state index contributed by atoms with van der Waals surface area (Å²) < 4.78 is 5.41. The van der Waals surface area contributed by atoms with E-state index in [1.807, 2.05) is 0 Å². The van der Waals surface area contributed by atoms with E-state index in [1.54, 1.807) is 30.3 Å². The predicted molar refractivity (Wildman–Crippen MR) is 87.0 cm³/mol. The topological polar surface area (TPSA) is 91.2 Å². The van der Waals surface area contributed by atoms with Crippen LogP contribution in [0.4, 0.5) is 0 Å². The average Bonchev–Trinajstić information content (AvgIpc) is 2.55. The van der Waals surface area contributed by atoms with Gasteiger partial charge in [-0.1, -0.05) is 24.8 Å². The summed E-state index contributed by atoms with van der Waals surface area (Å²) in [6.07, 6.45) is 2.86. The molecule has 0 bridgehead atoms. The van der Waals surface area contributed by atoms with Gasteiger partial charge in [0.05, 0.1) is 11.8 Å². The van der Waals surface area contributed by atoms with Crippen molar-refractivity contribution in [3.8, 4) is 17.2 Å². The number of benzene rings is 2. The van der Waals surface area contributed by atoms with Gasteiger partial charge in [0.25, 0.3) is 5.91 Å². The summed E-state index contributed by atoms with van der Waals surface area (Å²) in [5, 5.41) is 22.6. The van der Waals surface area contributed by atoms with Crippen LogP contribution in [0.5, 0.6) is 17.2 Å². The van der Waals surface area contributed by atoms with Crippen molar-refractivity contribution < 1.29 is 19.7 Å². The quantitative estimate of drug-likeness (QED) is 0.434. The largest absolute Gasteiger partial charge is 0.508 e. The number of phenols is 2. The number of aromatic hydroxyl groups is 2. The Labute approximate surface area is 133 Å². The van der Waals surface area contributed by atoms with Gasteiger partial charge in [-0.3, -0.25) is 4.79 Å². The van der Waals surface area contributed by atoms with E-state index in [0.29, 0.717) is 16.9 Å². The molecule has 0 radical (unpaired) electrons. The van der Waals surface area contributed by atoms with E-state index in [0.717, 1.165) is 0 Å². The number of hydrogen-bond donors (Lipinski definition) is 3. The van der Waals surface area contributed by atoms with Crippen LogP contribution in [0.3, 0.4) is 0 Å². The maximum absolute atomic E-state index is 12.1. The third-order valence-corrected chi connectivity index (χ3v) is 2.87. The monoisotopic (exact) mass is 312 g/mol. The van der Waals surface area contributed by atoms with E-state index >= 15 is 0 Å². The van der Waals surface area contributed by atoms with Crippen molar-refractivity contribution in [1.82, 2.24) is 5.43 Å². The van der Waals surface area contributed by atoms with E-state index in [-0.39, 0.29) is 18.1 Å². The van der Waals surface area contributed by atoms with Gasteiger partial charge in [-0.25, -0.2) is 5.43 Å². The van der Waals surface area contributed by atoms with Crippen molar-refractivity contribution in [3.05, 3.63) is 66.2 Å². The summed E-state index contributed by atoms with van der Waals surface area (Å²) in [5.74, 6) is -0.221. The first-order chi connectivity index (χ1) is 11.1. The first-order valence-electron chi connectivity index (χ1n) is 6.80. The Morgan fingerprint density at radius 3 is 2.78 bits per heavy atom. The minimum absolute atomic E-state index is 0.0584. The highest BCUT2D eigenvalue weighted by Crippen LogP contribution is 2.21. The lowest BCUT2D eigenvalue weighted by Crippen LogP contribution is -2.18. The Morgan fingerprint density at radius 2 is 2.04 bits per heavy atom. The lowest BCUT2D eigenvalue weighted by molar-refractivity contribution is 0.0951. The van der Waals surface area contributed by atoms with Gasteiger partial charge >= 0.3 is 0 Å². The van der Waals surface area contributed by atoms with Crippen LogP contribution >= 0.6 is 0 Å². The van der Waals surface area contributed by atoms with Crippen molar-refractivity contribution in [1.29, 1.82) is 0 Å². The van der Waals surface area contributed by atoms with E-state index in [1.165, 1.54) is 24.4 Å². The maximum Gasteiger partial charge on any atom is 0.275 e. The summed E-state index contributed by atoms with van der Waals surface area (Å²) in [7, 11) is 0. The smallest absolute Gasteiger partial charge is 0.275 e. The first kappa shape index (κ1) is 16.1. The number of hydrazone groups is 1. The van der Waals surface area contributed by atoms with E-state index in [4.69, 9.17) is 4.74 Å². The minimum Gasteiger partial charge on any atom is -0.508 e. The van der Waals surface area contributed by atoms with Crippen LogP contribution in [-0.2, 0) is 0 Å². The number of nitrogens with one attached hydrogen (secondary N) is 1. The van der Waals surface area contributed by atoms with E-state index in [2.05, 4.69) is 17.1 Å². The molecule has 0 fully saturated rings. The fraction of sp³-hybridized carbons (Fsp3) is 0.0588. The molecule has 2 rings (SSSR count). The van der Waals surface area contributed by atoms with Crippen LogP contribution in [-0.4, -0.2) is 28.9 Å². The normalized spacial score (nSPS) is 10.4. The summed E-state index contributed by atoms with van der Waals surface area (Å²) in [5.41, 5.74) is 3.05. The molecule has 0 heterocycles. The van der Waals surface area contributed by atoms with Crippen LogP contribution in [0.1, 0.15) is 15.9 Å². The molecule has 0 unspecified atom stereocenters. The molecule has 23 heavy (non-hydrogen) atoms. The average molecular weight is 312 g/mol. The van der Waals surface area contributed by atoms with Crippen LogP contribution in [0.25, 0.3) is 0 Å². The number of carbonyl (C=O) groups is 1. The number of rotatable bonds is 6. The molecule has 0 saturated heterocycles. The summed E-state index contributed by atoms with van der Waals surface area (Å²) in [6.45, 7) is 3.84. The Hall–Kier alpha value is -3.28. The van der Waals surface area contributed by atoms with E-state index in [9.17, 15) is 15.0 Å². The van der Waals surface area contributed by atoms with Crippen LogP contribution in [0, 0.1) is 0 Å². The van der Waals surface area contributed by atoms with Gasteiger partial charge in [-0.2, -0.15) is 5.10 Å². The molecule has 0 aromatic heterocycles. The fourth-order valence-electron chi connectivity index (χ4n) is 1.79. The van der Waals surface area contributed by atoms with Crippen LogP contribution in [0.15, 0.2) is 60.2 Å². The second kappa shape index (κ2) is 7.65. The van der Waals surface area contributed by atoms with Crippen molar-refractivity contribution >= 4 is 12.1 Å². The number of ether oxygens (including phenoxy) is 1. The van der Waals surface area contributed by atoms with Crippen LogP contribution < -0.4 is 10.2 Å². The Morgan fingerprint density at radius 1 is 1.26 bits per heavy atom. The molecule has 0 spiro atoms.